The Hall–Kier alpha value is -2.25. The van der Waals surface area contributed by atoms with E-state index in [4.69, 9.17) is 9.47 Å². The number of aliphatic hydroxyl groups excluding tert-OH is 1. The molecule has 7 nitrogen and oxygen atoms in total. The van der Waals surface area contributed by atoms with Gasteiger partial charge in [0.15, 0.2) is 5.78 Å². The summed E-state index contributed by atoms with van der Waals surface area (Å²) in [6.45, 7) is 9.91. The van der Waals surface area contributed by atoms with Gasteiger partial charge in [0.05, 0.1) is 12.0 Å². The number of Topliss-reactive ketones (excluding diaryl/α,β-unsaturated/α-hetero) is 1. The minimum Gasteiger partial charge on any atom is -0.458 e. The molecule has 5 atom stereocenters. The third-order valence-electron chi connectivity index (χ3n) is 5.21. The summed E-state index contributed by atoms with van der Waals surface area (Å²) < 4.78 is 10.9. The van der Waals surface area contributed by atoms with E-state index in [-0.39, 0.29) is 18.4 Å². The summed E-state index contributed by atoms with van der Waals surface area (Å²) in [5, 5.41) is 20.9. The van der Waals surface area contributed by atoms with Crippen molar-refractivity contribution in [3.8, 4) is 0 Å². The zero-order valence-corrected chi connectivity index (χ0v) is 16.0. The molecule has 1 aliphatic carbocycles. The van der Waals surface area contributed by atoms with E-state index in [9.17, 15) is 24.6 Å². The summed E-state index contributed by atoms with van der Waals surface area (Å²) in [7, 11) is 0. The van der Waals surface area contributed by atoms with Crippen LogP contribution < -0.4 is 0 Å². The van der Waals surface area contributed by atoms with Crippen molar-refractivity contribution in [1.82, 2.24) is 0 Å². The van der Waals surface area contributed by atoms with Crippen molar-refractivity contribution in [2.45, 2.75) is 64.4 Å². The highest BCUT2D eigenvalue weighted by Crippen LogP contribution is 2.37. The lowest BCUT2D eigenvalue weighted by molar-refractivity contribution is -0.156. The molecule has 2 N–H and O–H groups in total. The summed E-state index contributed by atoms with van der Waals surface area (Å²) in [6, 6.07) is 0. The molecule has 1 fully saturated rings. The fourth-order valence-corrected chi connectivity index (χ4v) is 3.20. The van der Waals surface area contributed by atoms with Gasteiger partial charge in [0.2, 0.25) is 0 Å². The monoisotopic (exact) mass is 378 g/mol. The Morgan fingerprint density at radius 2 is 2.07 bits per heavy atom. The predicted octanol–water partition coefficient (Wildman–Crippen LogP) is 1.38. The van der Waals surface area contributed by atoms with E-state index in [0.29, 0.717) is 11.1 Å². The predicted molar refractivity (Wildman–Crippen MR) is 96.4 cm³/mol. The molecule has 27 heavy (non-hydrogen) atoms. The maximum Gasteiger partial charge on any atom is 0.334 e. The summed E-state index contributed by atoms with van der Waals surface area (Å²) in [5.74, 6) is -2.61. The topological polar surface area (TPSA) is 110 Å². The van der Waals surface area contributed by atoms with Gasteiger partial charge < -0.3 is 19.7 Å². The first-order valence-corrected chi connectivity index (χ1v) is 8.83. The summed E-state index contributed by atoms with van der Waals surface area (Å²) in [4.78, 5) is 36.8. The Labute approximate surface area is 158 Å². The third kappa shape index (κ3) is 4.36. The van der Waals surface area contributed by atoms with Gasteiger partial charge in [-0.25, -0.2) is 9.59 Å². The molecule has 0 aromatic rings. The summed E-state index contributed by atoms with van der Waals surface area (Å²) in [6.07, 6.45) is -0.346. The van der Waals surface area contributed by atoms with Crippen LogP contribution in [0.4, 0.5) is 0 Å². The molecule has 0 bridgehead atoms. The van der Waals surface area contributed by atoms with Crippen LogP contribution in [0.3, 0.4) is 0 Å². The molecule has 2 rings (SSSR count). The lowest BCUT2D eigenvalue weighted by Gasteiger charge is -2.33. The van der Waals surface area contributed by atoms with Gasteiger partial charge in [-0.2, -0.15) is 0 Å². The van der Waals surface area contributed by atoms with E-state index in [1.165, 1.54) is 6.92 Å². The molecule has 0 radical (unpaired) electrons. The second-order valence-electron chi connectivity index (χ2n) is 7.37. The van der Waals surface area contributed by atoms with Crippen LogP contribution in [0.1, 0.15) is 40.5 Å². The van der Waals surface area contributed by atoms with Gasteiger partial charge in [0, 0.05) is 24.0 Å². The average molecular weight is 378 g/mol. The van der Waals surface area contributed by atoms with Gasteiger partial charge >= 0.3 is 11.9 Å². The maximum absolute atomic E-state index is 12.5. The molecule has 0 saturated carbocycles. The third-order valence-corrected chi connectivity index (χ3v) is 5.21. The molecule has 2 aliphatic rings. The molecule has 0 unspecified atom stereocenters. The van der Waals surface area contributed by atoms with Crippen LogP contribution in [0.2, 0.25) is 0 Å². The number of hydrogen-bond acceptors (Lipinski definition) is 7. The van der Waals surface area contributed by atoms with Gasteiger partial charge in [-0.15, -0.1) is 0 Å². The number of ether oxygens (including phenoxy) is 2. The number of hydrogen-bond donors (Lipinski definition) is 2. The largest absolute Gasteiger partial charge is 0.458 e. The first kappa shape index (κ1) is 21.1. The van der Waals surface area contributed by atoms with Gasteiger partial charge in [-0.1, -0.05) is 12.7 Å². The van der Waals surface area contributed by atoms with Crippen LogP contribution in [0.5, 0.6) is 0 Å². The summed E-state index contributed by atoms with van der Waals surface area (Å²) in [5.41, 5.74) is -0.983. The fourth-order valence-electron chi connectivity index (χ4n) is 3.20. The highest BCUT2D eigenvalue weighted by atomic mass is 16.6. The Bertz CT molecular complexity index is 729. The van der Waals surface area contributed by atoms with Crippen molar-refractivity contribution in [3.05, 3.63) is 35.5 Å². The zero-order chi connectivity index (χ0) is 20.5. The molecule has 0 aromatic carbocycles. The van der Waals surface area contributed by atoms with Crippen molar-refractivity contribution in [2.24, 2.45) is 5.92 Å². The van der Waals surface area contributed by atoms with Crippen LogP contribution in [0.25, 0.3) is 0 Å². The molecular formula is C20H26O7. The van der Waals surface area contributed by atoms with E-state index in [0.717, 1.165) is 0 Å². The van der Waals surface area contributed by atoms with E-state index in [1.54, 1.807) is 32.9 Å². The number of esters is 2. The van der Waals surface area contributed by atoms with Gasteiger partial charge in [0.25, 0.3) is 0 Å². The SMILES string of the molecule is C=C1C(=O)O[C@@H]2/C=C(\C)[C@H](O)CC(=O)[C@](C)(O)C[C@@H](OC(=O)/C(C)=C/C)[C@@H]12. The van der Waals surface area contributed by atoms with Crippen LogP contribution in [0, 0.1) is 5.92 Å². The Balaban J connectivity index is 2.52. The van der Waals surface area contributed by atoms with Crippen molar-refractivity contribution >= 4 is 17.7 Å². The zero-order valence-electron chi connectivity index (χ0n) is 16.0. The van der Waals surface area contributed by atoms with E-state index in [2.05, 4.69) is 6.58 Å². The first-order chi connectivity index (χ1) is 12.5. The molecule has 148 valence electrons. The smallest absolute Gasteiger partial charge is 0.334 e. The number of carbonyl (C=O) groups is 3. The molecule has 0 amide bonds. The maximum atomic E-state index is 12.5. The fraction of sp³-hybridized carbons (Fsp3) is 0.550. The van der Waals surface area contributed by atoms with Crippen LogP contribution in [-0.4, -0.2) is 51.8 Å². The first-order valence-electron chi connectivity index (χ1n) is 8.83. The number of fused-ring (bicyclic) bond motifs is 1. The van der Waals surface area contributed by atoms with Crippen molar-refractivity contribution in [3.63, 3.8) is 0 Å². The second-order valence-corrected chi connectivity index (χ2v) is 7.37. The highest BCUT2D eigenvalue weighted by Gasteiger charge is 2.48. The number of rotatable bonds is 2. The van der Waals surface area contributed by atoms with Crippen LogP contribution in [-0.2, 0) is 23.9 Å². The molecule has 1 heterocycles. The van der Waals surface area contributed by atoms with E-state index >= 15 is 0 Å². The van der Waals surface area contributed by atoms with Gasteiger partial charge in [0.1, 0.15) is 17.8 Å². The number of allylic oxidation sites excluding steroid dienone is 1. The molecule has 0 spiro atoms. The molecule has 1 aliphatic heterocycles. The van der Waals surface area contributed by atoms with Gasteiger partial charge in [-0.3, -0.25) is 4.79 Å². The molecule has 1 saturated heterocycles. The Morgan fingerprint density at radius 3 is 2.67 bits per heavy atom. The van der Waals surface area contributed by atoms with E-state index in [1.807, 2.05) is 0 Å². The Kier molecular flexibility index (Phi) is 6.07. The molecule has 7 heteroatoms. The lowest BCUT2D eigenvalue weighted by Crippen LogP contribution is -2.46. The van der Waals surface area contributed by atoms with Crippen LogP contribution >= 0.6 is 0 Å². The minimum absolute atomic E-state index is 0.0956. The molecule has 0 aromatic heterocycles. The van der Waals surface area contributed by atoms with Crippen LogP contribution in [0.15, 0.2) is 35.5 Å². The summed E-state index contributed by atoms with van der Waals surface area (Å²) >= 11 is 0. The normalized spacial score (nSPS) is 37.2. The molecular weight excluding hydrogens is 352 g/mol. The average Bonchev–Trinajstić information content (AvgIpc) is 2.86. The van der Waals surface area contributed by atoms with Crippen molar-refractivity contribution < 1.29 is 34.1 Å². The Morgan fingerprint density at radius 1 is 1.44 bits per heavy atom. The number of aliphatic hydroxyl groups is 2. The number of ketones is 1. The standard InChI is InChI=1S/C20H26O7/c1-6-10(2)18(23)27-15-9-20(5,25)16(22)8-13(21)11(3)7-14-17(15)12(4)19(24)26-14/h6-7,13-15,17,21,25H,4,8-9H2,1-3,5H3/b10-6+,11-7+/t13-,14-,15-,17+,20-/m1/s1. The quantitative estimate of drug-likeness (QED) is 0.424. The second kappa shape index (κ2) is 7.78. The minimum atomic E-state index is -1.86. The van der Waals surface area contributed by atoms with Gasteiger partial charge in [-0.05, 0) is 39.3 Å². The highest BCUT2D eigenvalue weighted by molar-refractivity contribution is 5.92. The van der Waals surface area contributed by atoms with Crippen molar-refractivity contribution in [2.75, 3.05) is 0 Å². The lowest BCUT2D eigenvalue weighted by atomic mass is 9.79. The van der Waals surface area contributed by atoms with Crippen molar-refractivity contribution in [1.29, 1.82) is 0 Å². The number of carbonyl (C=O) groups excluding carboxylic acids is 3. The van der Waals surface area contributed by atoms with E-state index < -0.39 is 47.6 Å².